The van der Waals surface area contributed by atoms with Crippen LogP contribution < -0.4 is 10.2 Å². The summed E-state index contributed by atoms with van der Waals surface area (Å²) < 4.78 is 0. The molecule has 0 aliphatic carbocycles. The molecule has 0 unspecified atom stereocenters. The minimum Gasteiger partial charge on any atom is -0.387 e. The smallest absolute Gasteiger partial charge is 0.224 e. The number of hydrogen-bond acceptors (Lipinski definition) is 7. The Morgan fingerprint density at radius 2 is 1.47 bits per heavy atom. The maximum atomic E-state index is 10.3. The summed E-state index contributed by atoms with van der Waals surface area (Å²) in [7, 11) is 1.89. The van der Waals surface area contributed by atoms with Crippen LogP contribution >= 0.6 is 0 Å². The topological polar surface area (TPSA) is 87.1 Å². The third-order valence-corrected chi connectivity index (χ3v) is 4.64. The molecule has 1 atom stereocenters. The minimum atomic E-state index is -0.647. The predicted molar refractivity (Wildman–Crippen MR) is 117 cm³/mol. The third kappa shape index (κ3) is 4.59. The number of anilines is 3. The molecule has 0 amide bonds. The van der Waals surface area contributed by atoms with Crippen molar-refractivity contribution in [3.63, 3.8) is 0 Å². The zero-order valence-corrected chi connectivity index (χ0v) is 16.6. The van der Waals surface area contributed by atoms with Crippen LogP contribution in [0, 0.1) is 0 Å². The summed E-state index contributed by atoms with van der Waals surface area (Å²) >= 11 is 0. The van der Waals surface area contributed by atoms with Gasteiger partial charge in [0.15, 0.2) is 5.82 Å². The second kappa shape index (κ2) is 9.11. The summed E-state index contributed by atoms with van der Waals surface area (Å²) in [5.41, 5.74) is 1.79. The van der Waals surface area contributed by atoms with Gasteiger partial charge in [-0.1, -0.05) is 60.7 Å². The Bertz CT molecular complexity index is 1090. The van der Waals surface area contributed by atoms with Gasteiger partial charge in [-0.25, -0.2) is 15.0 Å². The lowest BCUT2D eigenvalue weighted by Gasteiger charge is -2.18. The van der Waals surface area contributed by atoms with Gasteiger partial charge in [0.25, 0.3) is 0 Å². The quantitative estimate of drug-likeness (QED) is 0.489. The molecule has 7 nitrogen and oxygen atoms in total. The highest BCUT2D eigenvalue weighted by molar-refractivity contribution is 5.61. The lowest BCUT2D eigenvalue weighted by Crippen LogP contribution is -2.17. The van der Waals surface area contributed by atoms with Gasteiger partial charge in [-0.3, -0.25) is 0 Å². The minimum absolute atomic E-state index is 0.308. The van der Waals surface area contributed by atoms with Gasteiger partial charge in [0.2, 0.25) is 5.95 Å². The van der Waals surface area contributed by atoms with Crippen LogP contribution in [0.15, 0.2) is 85.2 Å². The van der Waals surface area contributed by atoms with Gasteiger partial charge in [-0.2, -0.15) is 4.98 Å². The molecular weight excluding hydrogens is 376 g/mol. The van der Waals surface area contributed by atoms with E-state index in [0.717, 1.165) is 16.9 Å². The van der Waals surface area contributed by atoms with Crippen LogP contribution in [0.1, 0.15) is 11.7 Å². The van der Waals surface area contributed by atoms with Gasteiger partial charge in [0.1, 0.15) is 11.6 Å². The second-order valence-electron chi connectivity index (χ2n) is 6.71. The Balaban J connectivity index is 1.48. The number of benzene rings is 2. The highest BCUT2D eigenvalue weighted by Crippen LogP contribution is 2.23. The average Bonchev–Trinajstić information content (AvgIpc) is 2.83. The molecule has 4 aromatic rings. The maximum absolute atomic E-state index is 10.3. The fraction of sp³-hybridized carbons (Fsp3) is 0.130. The van der Waals surface area contributed by atoms with Gasteiger partial charge in [-0.15, -0.1) is 0 Å². The molecule has 2 N–H and O–H groups in total. The van der Waals surface area contributed by atoms with Crippen molar-refractivity contribution in [2.75, 3.05) is 23.8 Å². The summed E-state index contributed by atoms with van der Waals surface area (Å²) in [6.07, 6.45) is 2.76. The van der Waals surface area contributed by atoms with E-state index in [-0.39, 0.29) is 0 Å². The Kier molecular flexibility index (Phi) is 5.91. The van der Waals surface area contributed by atoms with Crippen LogP contribution in [0.5, 0.6) is 0 Å². The Morgan fingerprint density at radius 3 is 2.20 bits per heavy atom. The molecule has 2 heterocycles. The zero-order chi connectivity index (χ0) is 20.8. The highest BCUT2D eigenvalue weighted by atomic mass is 16.3. The molecule has 2 aromatic heterocycles. The first kappa shape index (κ1) is 19.5. The third-order valence-electron chi connectivity index (χ3n) is 4.64. The van der Waals surface area contributed by atoms with E-state index in [1.165, 1.54) is 0 Å². The van der Waals surface area contributed by atoms with Crippen molar-refractivity contribution >= 4 is 17.6 Å². The predicted octanol–water partition coefficient (Wildman–Crippen LogP) is 3.85. The zero-order valence-electron chi connectivity index (χ0n) is 16.6. The SMILES string of the molecule is CN(c1ccnc(NC[C@@H](O)c2ccccc2)n1)c1ccnc(-c2ccccc2)n1. The van der Waals surface area contributed by atoms with Crippen molar-refractivity contribution in [3.05, 3.63) is 90.8 Å². The molecule has 0 aliphatic heterocycles. The standard InChI is InChI=1S/C23H22N6O/c1-29(20-12-14-24-22(27-20)18-10-6-3-7-11-18)21-13-15-25-23(28-21)26-16-19(30)17-8-4-2-5-9-17/h2-15,19,30H,16H2,1H3,(H,25,26,28)/t19-/m1/s1. The molecule has 150 valence electrons. The molecule has 0 saturated heterocycles. The summed E-state index contributed by atoms with van der Waals surface area (Å²) in [5.74, 6) is 2.49. The van der Waals surface area contributed by atoms with Crippen LogP contribution in [0.4, 0.5) is 17.6 Å². The van der Waals surface area contributed by atoms with Crippen molar-refractivity contribution in [2.24, 2.45) is 0 Å². The summed E-state index contributed by atoms with van der Waals surface area (Å²) in [5, 5.41) is 13.4. The number of hydrogen-bond donors (Lipinski definition) is 2. The fourth-order valence-electron chi connectivity index (χ4n) is 2.98. The first-order chi connectivity index (χ1) is 14.7. The van der Waals surface area contributed by atoms with Crippen molar-refractivity contribution in [1.29, 1.82) is 0 Å². The van der Waals surface area contributed by atoms with E-state index in [2.05, 4.69) is 25.3 Å². The molecule has 0 saturated carbocycles. The van der Waals surface area contributed by atoms with E-state index in [1.807, 2.05) is 84.7 Å². The largest absolute Gasteiger partial charge is 0.387 e. The monoisotopic (exact) mass is 398 g/mol. The van der Waals surface area contributed by atoms with E-state index in [1.54, 1.807) is 12.4 Å². The molecule has 0 fully saturated rings. The second-order valence-corrected chi connectivity index (χ2v) is 6.71. The summed E-state index contributed by atoms with van der Waals surface area (Å²) in [6.45, 7) is 0.308. The molecule has 0 bridgehead atoms. The van der Waals surface area contributed by atoms with E-state index in [9.17, 15) is 5.11 Å². The van der Waals surface area contributed by atoms with Crippen LogP contribution in [-0.2, 0) is 0 Å². The number of nitrogens with one attached hydrogen (secondary N) is 1. The van der Waals surface area contributed by atoms with Crippen molar-refractivity contribution < 1.29 is 5.11 Å². The highest BCUT2D eigenvalue weighted by Gasteiger charge is 2.12. The number of aliphatic hydroxyl groups excluding tert-OH is 1. The van der Waals surface area contributed by atoms with Gasteiger partial charge in [0, 0.05) is 31.5 Å². The number of rotatable bonds is 7. The average molecular weight is 398 g/mol. The first-order valence-corrected chi connectivity index (χ1v) is 9.63. The van der Waals surface area contributed by atoms with E-state index in [4.69, 9.17) is 0 Å². The Hall–Kier alpha value is -3.84. The fourth-order valence-corrected chi connectivity index (χ4v) is 2.98. The first-order valence-electron chi connectivity index (χ1n) is 9.63. The molecule has 7 heteroatoms. The maximum Gasteiger partial charge on any atom is 0.224 e. The van der Waals surface area contributed by atoms with Gasteiger partial charge >= 0.3 is 0 Å². The lowest BCUT2D eigenvalue weighted by atomic mass is 10.1. The molecule has 0 spiro atoms. The number of aliphatic hydroxyl groups is 1. The van der Waals surface area contributed by atoms with E-state index >= 15 is 0 Å². The Labute approximate surface area is 175 Å². The molecule has 0 aliphatic rings. The van der Waals surface area contributed by atoms with Crippen LogP contribution in [0.2, 0.25) is 0 Å². The van der Waals surface area contributed by atoms with Crippen molar-refractivity contribution in [1.82, 2.24) is 19.9 Å². The van der Waals surface area contributed by atoms with Gasteiger partial charge < -0.3 is 15.3 Å². The summed E-state index contributed by atoms with van der Waals surface area (Å²) in [6, 6.07) is 23.0. The molecular formula is C23H22N6O. The number of nitrogens with zero attached hydrogens (tertiary/aromatic N) is 5. The van der Waals surface area contributed by atoms with E-state index in [0.29, 0.717) is 24.1 Å². The summed E-state index contributed by atoms with van der Waals surface area (Å²) in [4.78, 5) is 19.7. The normalized spacial score (nSPS) is 11.7. The molecule has 0 radical (unpaired) electrons. The van der Waals surface area contributed by atoms with Crippen LogP contribution in [0.25, 0.3) is 11.4 Å². The van der Waals surface area contributed by atoms with Crippen LogP contribution in [-0.4, -0.2) is 38.6 Å². The molecule has 2 aromatic carbocycles. The van der Waals surface area contributed by atoms with Crippen molar-refractivity contribution in [2.45, 2.75) is 6.10 Å². The van der Waals surface area contributed by atoms with Gasteiger partial charge in [-0.05, 0) is 17.7 Å². The van der Waals surface area contributed by atoms with Gasteiger partial charge in [0.05, 0.1) is 6.10 Å². The van der Waals surface area contributed by atoms with Crippen LogP contribution in [0.3, 0.4) is 0 Å². The Morgan fingerprint density at radius 1 is 0.833 bits per heavy atom. The molecule has 30 heavy (non-hydrogen) atoms. The van der Waals surface area contributed by atoms with Crippen molar-refractivity contribution in [3.8, 4) is 11.4 Å². The molecule has 4 rings (SSSR count). The number of aromatic nitrogens is 4. The lowest BCUT2D eigenvalue weighted by molar-refractivity contribution is 0.191. The van der Waals surface area contributed by atoms with E-state index < -0.39 is 6.10 Å².